The number of hydrogen-bond donors (Lipinski definition) is 0. The Morgan fingerprint density at radius 1 is 0.683 bits per heavy atom. The molecule has 0 radical (unpaired) electrons. The molecule has 8 nitrogen and oxygen atoms in total. The van der Waals surface area contributed by atoms with Gasteiger partial charge in [-0.15, -0.1) is 0 Å². The standard InChI is InChI=1S/C30H22ClNO2.C22H15ClN2O3S/c1-18(2)26-23-17-21-10-6-7-11-25(21)32-28(23)30(34)27(29(26)33)22-15-14-20(16-24(22)31)13-12-19-8-4-3-5-9-19;1-14-13-29(28)20-19(14)24(2)22(27)25(21(20)26)18-11-10-16(12-17(18)23)9-8-15-6-4-3-5-7-15/h3-11,14-18,26-27H,1-2H3;3-7,10-13H,1-2H3. The third kappa shape index (κ3) is 8.39. The molecule has 7 aromatic rings. The van der Waals surface area contributed by atoms with Crippen molar-refractivity contribution in [3.8, 4) is 29.4 Å². The molecular weight excluding hydrogens is 850 g/mol. The van der Waals surface area contributed by atoms with E-state index >= 15 is 0 Å². The van der Waals surface area contributed by atoms with E-state index in [0.29, 0.717) is 38.7 Å². The molecule has 1 aliphatic carbocycles. The van der Waals surface area contributed by atoms with Gasteiger partial charge in [0.05, 0.1) is 32.7 Å². The maximum atomic E-state index is 13.7. The van der Waals surface area contributed by atoms with Crippen molar-refractivity contribution in [1.29, 1.82) is 0 Å². The number of carbonyl (C=O) groups is 2. The summed E-state index contributed by atoms with van der Waals surface area (Å²) >= 11 is 13.0. The van der Waals surface area contributed by atoms with Crippen LogP contribution in [-0.4, -0.2) is 29.9 Å². The van der Waals surface area contributed by atoms with E-state index in [-0.39, 0.29) is 33.1 Å². The van der Waals surface area contributed by atoms with Crippen molar-refractivity contribution in [2.45, 2.75) is 37.5 Å². The van der Waals surface area contributed by atoms with Gasteiger partial charge in [0.1, 0.15) is 16.5 Å². The van der Waals surface area contributed by atoms with Crippen molar-refractivity contribution in [3.63, 3.8) is 0 Å². The minimum Gasteiger partial charge on any atom is -0.298 e. The molecule has 0 saturated heterocycles. The van der Waals surface area contributed by atoms with E-state index in [1.165, 1.54) is 9.98 Å². The second kappa shape index (κ2) is 17.8. The number of nitrogens with zero attached hydrogens (tertiary/aromatic N) is 3. The lowest BCUT2D eigenvalue weighted by molar-refractivity contribution is -0.122. The molecule has 9 rings (SSSR count). The number of hydrogen-bond acceptors (Lipinski definition) is 6. The number of para-hydroxylation sites is 1. The summed E-state index contributed by atoms with van der Waals surface area (Å²) in [7, 11) is -0.0516. The zero-order chi connectivity index (χ0) is 44.5. The first kappa shape index (κ1) is 42.8. The molecule has 310 valence electrons. The summed E-state index contributed by atoms with van der Waals surface area (Å²) in [5.74, 6) is 10.4. The first-order chi connectivity index (χ1) is 30.3. The summed E-state index contributed by atoms with van der Waals surface area (Å²) in [6.45, 7) is 5.72. The zero-order valence-corrected chi connectivity index (χ0v) is 36.8. The largest absolute Gasteiger partial charge is 0.335 e. The number of Topliss-reactive ketones (excluding diaryl/α,β-unsaturated/α-hetero) is 2. The van der Waals surface area contributed by atoms with Crippen molar-refractivity contribution in [2.24, 2.45) is 13.0 Å². The van der Waals surface area contributed by atoms with Crippen LogP contribution < -0.4 is 11.2 Å². The van der Waals surface area contributed by atoms with Gasteiger partial charge in [0.25, 0.3) is 5.56 Å². The Hall–Kier alpha value is -6.88. The molecule has 0 spiro atoms. The summed E-state index contributed by atoms with van der Waals surface area (Å²) < 4.78 is 14.6. The fraction of sp³-hybridized carbons (Fsp3) is 0.135. The van der Waals surface area contributed by atoms with Crippen molar-refractivity contribution >= 4 is 62.0 Å². The lowest BCUT2D eigenvalue weighted by Crippen LogP contribution is -2.40. The highest BCUT2D eigenvalue weighted by Gasteiger charge is 2.45. The molecule has 1 aliphatic heterocycles. The Balaban J connectivity index is 0.000000175. The van der Waals surface area contributed by atoms with E-state index in [1.54, 1.807) is 44.3 Å². The Bertz CT molecular complexity index is 3330. The average molecular weight is 887 g/mol. The number of fused-ring (bicyclic) bond motifs is 3. The van der Waals surface area contributed by atoms with Crippen LogP contribution in [0.5, 0.6) is 0 Å². The Kier molecular flexibility index (Phi) is 12.1. The molecule has 3 unspecified atom stereocenters. The van der Waals surface area contributed by atoms with Gasteiger partial charge in [0, 0.05) is 51.0 Å². The van der Waals surface area contributed by atoms with Gasteiger partial charge >= 0.3 is 5.69 Å². The molecule has 3 heterocycles. The van der Waals surface area contributed by atoms with E-state index in [1.807, 2.05) is 111 Å². The van der Waals surface area contributed by atoms with Crippen LogP contribution in [0.3, 0.4) is 0 Å². The van der Waals surface area contributed by atoms with Crippen LogP contribution in [0.1, 0.15) is 82.2 Å². The molecule has 0 N–H and O–H groups in total. The van der Waals surface area contributed by atoms with Gasteiger partial charge < -0.3 is 0 Å². The van der Waals surface area contributed by atoms with Crippen LogP contribution in [0.2, 0.25) is 10.0 Å². The van der Waals surface area contributed by atoms with Gasteiger partial charge in [-0.05, 0) is 96.3 Å². The fourth-order valence-corrected chi connectivity index (χ4v) is 9.74. The number of rotatable bonds is 3. The first-order valence-corrected chi connectivity index (χ1v) is 22.0. The number of aromatic nitrogens is 3. The number of allylic oxidation sites excluding steroid dienone is 1. The van der Waals surface area contributed by atoms with Crippen LogP contribution in [-0.2, 0) is 22.6 Å². The quantitative estimate of drug-likeness (QED) is 0.129. The fourth-order valence-electron chi connectivity index (χ4n) is 7.88. The van der Waals surface area contributed by atoms with Gasteiger partial charge in [0.2, 0.25) is 0 Å². The SMILES string of the molecule is CC(C)C1C(=O)C(c2ccc(C#Cc3ccccc3)cc2Cl)C(=O)c2nc3ccccc3cc21.CC1=CS(=O)c2c1n(C)c(=O)n(-c1ccc(C#Cc3ccccc3)cc1Cl)c2=O. The van der Waals surface area contributed by atoms with E-state index < -0.39 is 33.9 Å². The maximum absolute atomic E-state index is 13.7. The molecule has 0 saturated carbocycles. The molecular formula is C52H37Cl2N3O5S. The third-order valence-corrected chi connectivity index (χ3v) is 12.8. The van der Waals surface area contributed by atoms with Gasteiger partial charge in [-0.3, -0.25) is 19.0 Å². The minimum atomic E-state index is -1.60. The normalized spacial score (nSPS) is 16.2. The first-order valence-electron chi connectivity index (χ1n) is 20.0. The highest BCUT2D eigenvalue weighted by Crippen LogP contribution is 2.43. The molecule has 2 aliphatic rings. The molecule has 0 fully saturated rings. The Morgan fingerprint density at radius 3 is 1.86 bits per heavy atom. The average Bonchev–Trinajstić information content (AvgIpc) is 3.59. The van der Waals surface area contributed by atoms with E-state index in [9.17, 15) is 23.4 Å². The van der Waals surface area contributed by atoms with Gasteiger partial charge in [0.15, 0.2) is 11.6 Å². The number of ketones is 2. The van der Waals surface area contributed by atoms with Crippen molar-refractivity contribution in [2.75, 3.05) is 0 Å². The summed E-state index contributed by atoms with van der Waals surface area (Å²) in [5.41, 5.74) is 5.54. The molecule has 63 heavy (non-hydrogen) atoms. The lowest BCUT2D eigenvalue weighted by atomic mass is 9.70. The van der Waals surface area contributed by atoms with Crippen LogP contribution in [0.15, 0.2) is 147 Å². The number of benzene rings is 5. The second-order valence-electron chi connectivity index (χ2n) is 15.4. The van der Waals surface area contributed by atoms with Gasteiger partial charge in [-0.25, -0.2) is 18.6 Å². The predicted octanol–water partition coefficient (Wildman–Crippen LogP) is 9.65. The third-order valence-electron chi connectivity index (χ3n) is 10.9. The number of pyridine rings is 1. The van der Waals surface area contributed by atoms with Gasteiger partial charge in [-0.1, -0.05) is 121 Å². The van der Waals surface area contributed by atoms with Crippen LogP contribution in [0, 0.1) is 29.6 Å². The number of carbonyl (C=O) groups excluding carboxylic acids is 2. The lowest BCUT2D eigenvalue weighted by Gasteiger charge is -2.31. The maximum Gasteiger partial charge on any atom is 0.335 e. The molecule has 3 atom stereocenters. The highest BCUT2D eigenvalue weighted by molar-refractivity contribution is 7.88. The molecule has 2 aromatic heterocycles. The van der Waals surface area contributed by atoms with Crippen LogP contribution >= 0.6 is 23.2 Å². The number of halogens is 2. The minimum absolute atomic E-state index is 0.0135. The second-order valence-corrected chi connectivity index (χ2v) is 17.5. The summed E-state index contributed by atoms with van der Waals surface area (Å²) in [6, 6.07) is 38.9. The van der Waals surface area contributed by atoms with Crippen molar-refractivity contribution in [1.82, 2.24) is 14.1 Å². The summed E-state index contributed by atoms with van der Waals surface area (Å²) in [4.78, 5) is 57.9. The monoisotopic (exact) mass is 885 g/mol. The van der Waals surface area contributed by atoms with Gasteiger partial charge in [-0.2, -0.15) is 0 Å². The topological polar surface area (TPSA) is 108 Å². The van der Waals surface area contributed by atoms with E-state index in [4.69, 9.17) is 23.2 Å². The molecule has 11 heteroatoms. The summed E-state index contributed by atoms with van der Waals surface area (Å²) in [6.07, 6.45) is 0. The van der Waals surface area contributed by atoms with Crippen molar-refractivity contribution in [3.05, 3.63) is 208 Å². The molecule has 5 aromatic carbocycles. The molecule has 0 amide bonds. The van der Waals surface area contributed by atoms with Crippen molar-refractivity contribution < 1.29 is 13.8 Å². The smallest absolute Gasteiger partial charge is 0.298 e. The predicted molar refractivity (Wildman–Crippen MR) is 250 cm³/mol. The Labute approximate surface area is 376 Å². The van der Waals surface area contributed by atoms with E-state index in [0.717, 1.165) is 32.2 Å². The highest BCUT2D eigenvalue weighted by atomic mass is 35.5. The Morgan fingerprint density at radius 2 is 1.25 bits per heavy atom. The van der Waals surface area contributed by atoms with E-state index in [2.05, 4.69) is 28.7 Å². The molecule has 0 bridgehead atoms. The van der Waals surface area contributed by atoms with Crippen LogP contribution in [0.25, 0.3) is 22.2 Å². The van der Waals surface area contributed by atoms with Crippen LogP contribution in [0.4, 0.5) is 0 Å². The zero-order valence-electron chi connectivity index (χ0n) is 34.5. The summed E-state index contributed by atoms with van der Waals surface area (Å²) in [5, 5.41) is 2.96.